The van der Waals surface area contributed by atoms with Gasteiger partial charge in [-0.05, 0) is 61.5 Å². The molecular formula is C22H22N8O3S. The number of benzene rings is 1. The molecule has 1 fully saturated rings. The Morgan fingerprint density at radius 1 is 1.24 bits per heavy atom. The summed E-state index contributed by atoms with van der Waals surface area (Å²) in [6, 6.07) is 12.8. The Kier molecular flexibility index (Phi) is 5.90. The summed E-state index contributed by atoms with van der Waals surface area (Å²) in [5, 5.41) is 27.6. The van der Waals surface area contributed by atoms with Crippen LogP contribution in [0, 0.1) is 6.92 Å². The summed E-state index contributed by atoms with van der Waals surface area (Å²) in [6.45, 7) is 2.49. The third-order valence-corrected chi connectivity index (χ3v) is 6.15. The van der Waals surface area contributed by atoms with E-state index in [0.717, 1.165) is 16.1 Å². The second-order valence-corrected chi connectivity index (χ2v) is 8.96. The summed E-state index contributed by atoms with van der Waals surface area (Å²) in [5.41, 5.74) is 2.25. The lowest BCUT2D eigenvalue weighted by Crippen LogP contribution is -2.38. The molecule has 4 heterocycles. The predicted octanol–water partition coefficient (Wildman–Crippen LogP) is 2.19. The van der Waals surface area contributed by atoms with Crippen molar-refractivity contribution in [3.63, 3.8) is 0 Å². The van der Waals surface area contributed by atoms with E-state index in [1.165, 1.54) is 16.7 Å². The number of aliphatic hydroxyl groups excluding tert-OH is 1. The number of hydrogen-bond acceptors (Lipinski definition) is 8. The maximum Gasteiger partial charge on any atom is 0.313 e. The van der Waals surface area contributed by atoms with Crippen molar-refractivity contribution in [1.29, 1.82) is 0 Å². The topological polar surface area (TPSA) is 141 Å². The molecule has 0 saturated carbocycles. The first-order valence-corrected chi connectivity index (χ1v) is 11.5. The second kappa shape index (κ2) is 9.15. The van der Waals surface area contributed by atoms with Crippen LogP contribution in [-0.4, -0.2) is 65.8 Å². The number of likely N-dealkylation sites (tertiary alicyclic amines) is 1. The highest BCUT2D eigenvalue weighted by Crippen LogP contribution is 2.29. The number of anilines is 3. The molecule has 0 spiro atoms. The van der Waals surface area contributed by atoms with E-state index in [2.05, 4.69) is 30.9 Å². The van der Waals surface area contributed by atoms with Crippen molar-refractivity contribution in [3.8, 4) is 0 Å². The Hall–Kier alpha value is -3.90. The monoisotopic (exact) mass is 478 g/mol. The van der Waals surface area contributed by atoms with Gasteiger partial charge in [0.1, 0.15) is 5.52 Å². The number of aromatic nitrogens is 5. The minimum atomic E-state index is -0.722. The van der Waals surface area contributed by atoms with E-state index >= 15 is 0 Å². The van der Waals surface area contributed by atoms with Gasteiger partial charge in [-0.2, -0.15) is 5.10 Å². The van der Waals surface area contributed by atoms with Gasteiger partial charge in [0.2, 0.25) is 5.16 Å². The van der Waals surface area contributed by atoms with Crippen molar-refractivity contribution in [2.45, 2.75) is 29.5 Å². The van der Waals surface area contributed by atoms with Crippen LogP contribution in [0.2, 0.25) is 0 Å². The Bertz CT molecular complexity index is 1350. The number of amides is 2. The number of H-pyrrole nitrogens is 1. The molecule has 3 aromatic heterocycles. The minimum Gasteiger partial charge on any atom is -0.391 e. The Morgan fingerprint density at radius 3 is 2.76 bits per heavy atom. The summed E-state index contributed by atoms with van der Waals surface area (Å²) >= 11 is 1.36. The first-order valence-electron chi connectivity index (χ1n) is 10.7. The van der Waals surface area contributed by atoms with Crippen LogP contribution in [0.1, 0.15) is 12.1 Å². The summed E-state index contributed by atoms with van der Waals surface area (Å²) in [7, 11) is 0. The summed E-state index contributed by atoms with van der Waals surface area (Å²) in [4.78, 5) is 31.3. The van der Waals surface area contributed by atoms with Crippen LogP contribution in [-0.2, 0) is 9.59 Å². The van der Waals surface area contributed by atoms with Crippen LogP contribution in [0.5, 0.6) is 0 Å². The van der Waals surface area contributed by atoms with E-state index in [4.69, 9.17) is 0 Å². The summed E-state index contributed by atoms with van der Waals surface area (Å²) in [5.74, 6) is -0.0764. The number of β-amino-alcohol motifs (C(OH)–C–C–N with tert-alkyl or cyclic N) is 1. The van der Waals surface area contributed by atoms with E-state index in [0.29, 0.717) is 35.4 Å². The molecule has 34 heavy (non-hydrogen) atoms. The zero-order valence-corrected chi connectivity index (χ0v) is 19.0. The van der Waals surface area contributed by atoms with Gasteiger partial charge >= 0.3 is 11.8 Å². The molecule has 0 bridgehead atoms. The first kappa shape index (κ1) is 21.9. The van der Waals surface area contributed by atoms with Crippen molar-refractivity contribution < 1.29 is 14.7 Å². The molecule has 1 aromatic carbocycles. The minimum absolute atomic E-state index is 0.185. The van der Waals surface area contributed by atoms with Gasteiger partial charge in [0, 0.05) is 41.6 Å². The average Bonchev–Trinajstić information content (AvgIpc) is 3.56. The summed E-state index contributed by atoms with van der Waals surface area (Å²) in [6.07, 6.45) is 1.76. The first-order chi connectivity index (χ1) is 16.4. The number of rotatable bonds is 5. The molecule has 2 amide bonds. The Morgan fingerprint density at radius 2 is 2.06 bits per heavy atom. The number of aromatic amines is 1. The molecule has 4 aromatic rings. The van der Waals surface area contributed by atoms with E-state index in [1.807, 2.05) is 43.5 Å². The highest BCUT2D eigenvalue weighted by atomic mass is 32.2. The van der Waals surface area contributed by atoms with Crippen LogP contribution in [0.4, 0.5) is 17.3 Å². The van der Waals surface area contributed by atoms with Gasteiger partial charge in [-0.1, -0.05) is 0 Å². The SMILES string of the molecule is Cc1cc(Nc2nc(Sc3ccc(NC(=O)C(=O)N4CCC(O)C4)cc3)nn3cccc23)n[nH]1. The van der Waals surface area contributed by atoms with Crippen LogP contribution >= 0.6 is 11.8 Å². The highest BCUT2D eigenvalue weighted by molar-refractivity contribution is 7.99. The normalized spacial score (nSPS) is 15.6. The molecule has 1 unspecified atom stereocenters. The number of fused-ring (bicyclic) bond motifs is 1. The number of nitrogens with one attached hydrogen (secondary N) is 3. The molecule has 1 aliphatic heterocycles. The van der Waals surface area contributed by atoms with Gasteiger partial charge in [0.25, 0.3) is 0 Å². The average molecular weight is 479 g/mol. The largest absolute Gasteiger partial charge is 0.391 e. The number of nitrogens with zero attached hydrogens (tertiary/aromatic N) is 5. The fraction of sp³-hybridized carbons (Fsp3) is 0.227. The van der Waals surface area contributed by atoms with Gasteiger partial charge < -0.3 is 20.6 Å². The number of hydrogen-bond donors (Lipinski definition) is 4. The lowest BCUT2D eigenvalue weighted by molar-refractivity contribution is -0.142. The van der Waals surface area contributed by atoms with Crippen LogP contribution in [0.25, 0.3) is 5.52 Å². The summed E-state index contributed by atoms with van der Waals surface area (Å²) < 4.78 is 1.74. The van der Waals surface area contributed by atoms with Gasteiger partial charge in [0.05, 0.1) is 6.10 Å². The molecule has 12 heteroatoms. The maximum atomic E-state index is 12.2. The molecule has 1 saturated heterocycles. The van der Waals surface area contributed by atoms with Crippen molar-refractivity contribution in [2.75, 3.05) is 23.7 Å². The number of aryl methyl sites for hydroxylation is 1. The van der Waals surface area contributed by atoms with E-state index in [9.17, 15) is 14.7 Å². The fourth-order valence-electron chi connectivity index (χ4n) is 3.62. The fourth-order valence-corrected chi connectivity index (χ4v) is 4.37. The number of carbonyl (C=O) groups is 2. The quantitative estimate of drug-likeness (QED) is 0.320. The Balaban J connectivity index is 1.28. The molecule has 0 aliphatic carbocycles. The standard InChI is InChI=1S/C22H22N8O3S/c1-13-11-18(27-26-13)24-19-17-3-2-9-30(17)28-22(25-19)34-16-6-4-14(5-7-16)23-20(32)21(33)29-10-8-15(31)12-29/h2-7,9,11,15,31H,8,10,12H2,1H3,(H,23,32)(H2,24,25,26,27,28). The molecule has 5 rings (SSSR count). The smallest absolute Gasteiger partial charge is 0.313 e. The maximum absolute atomic E-state index is 12.2. The van der Waals surface area contributed by atoms with Crippen molar-refractivity contribution in [2.24, 2.45) is 0 Å². The lowest BCUT2D eigenvalue weighted by atomic mass is 10.3. The number of carbonyl (C=O) groups excluding carboxylic acids is 2. The van der Waals surface area contributed by atoms with Gasteiger partial charge in [0.15, 0.2) is 11.6 Å². The molecule has 174 valence electrons. The van der Waals surface area contributed by atoms with Gasteiger partial charge in [-0.3, -0.25) is 14.7 Å². The highest BCUT2D eigenvalue weighted by Gasteiger charge is 2.28. The van der Waals surface area contributed by atoms with Crippen molar-refractivity contribution in [1.82, 2.24) is 29.7 Å². The molecule has 0 radical (unpaired) electrons. The van der Waals surface area contributed by atoms with Crippen molar-refractivity contribution in [3.05, 3.63) is 54.4 Å². The molecule has 1 atom stereocenters. The van der Waals surface area contributed by atoms with E-state index < -0.39 is 17.9 Å². The molecular weight excluding hydrogens is 456 g/mol. The lowest BCUT2D eigenvalue weighted by Gasteiger charge is -2.15. The zero-order chi connectivity index (χ0) is 23.7. The number of aliphatic hydroxyl groups is 1. The third-order valence-electron chi connectivity index (χ3n) is 5.29. The van der Waals surface area contributed by atoms with E-state index in [1.54, 1.807) is 16.6 Å². The van der Waals surface area contributed by atoms with Crippen molar-refractivity contribution >= 4 is 46.4 Å². The van der Waals surface area contributed by atoms with Gasteiger partial charge in [-0.15, -0.1) is 5.10 Å². The molecule has 4 N–H and O–H groups in total. The van der Waals surface area contributed by atoms with Crippen LogP contribution in [0.3, 0.4) is 0 Å². The zero-order valence-electron chi connectivity index (χ0n) is 18.2. The van der Waals surface area contributed by atoms with E-state index in [-0.39, 0.29) is 6.54 Å². The molecule has 1 aliphatic rings. The molecule has 11 nitrogen and oxygen atoms in total. The predicted molar refractivity (Wildman–Crippen MR) is 126 cm³/mol. The van der Waals surface area contributed by atoms with Crippen LogP contribution < -0.4 is 10.6 Å². The second-order valence-electron chi connectivity index (χ2n) is 7.92. The Labute approximate surface area is 198 Å². The van der Waals surface area contributed by atoms with Gasteiger partial charge in [-0.25, -0.2) is 9.50 Å². The third kappa shape index (κ3) is 4.72. The van der Waals surface area contributed by atoms with Crippen LogP contribution in [0.15, 0.2) is 58.7 Å².